The van der Waals surface area contributed by atoms with Gasteiger partial charge in [-0.1, -0.05) is 0 Å². The highest BCUT2D eigenvalue weighted by Crippen LogP contribution is 2.28. The van der Waals surface area contributed by atoms with Crippen LogP contribution in [-0.2, 0) is 4.79 Å². The van der Waals surface area contributed by atoms with Crippen molar-refractivity contribution in [1.29, 1.82) is 0 Å². The van der Waals surface area contributed by atoms with Gasteiger partial charge in [0, 0.05) is 18.8 Å². The summed E-state index contributed by atoms with van der Waals surface area (Å²) in [5, 5.41) is 9.03. The Morgan fingerprint density at radius 2 is 1.78 bits per heavy atom. The molecule has 0 spiro atoms. The van der Waals surface area contributed by atoms with Crippen molar-refractivity contribution >= 4 is 11.7 Å². The summed E-state index contributed by atoms with van der Waals surface area (Å²) < 4.78 is 0. The SMILES string of the molecule is Cc1cc(N2CCCC2)cc(C)c1[C@H](N)C(=O)O. The number of aliphatic carboxylic acids is 1. The molecule has 98 valence electrons. The third-order valence-electron chi connectivity index (χ3n) is 3.63. The second kappa shape index (κ2) is 4.98. The molecule has 0 aromatic heterocycles. The van der Waals surface area contributed by atoms with E-state index in [0.717, 1.165) is 29.8 Å². The van der Waals surface area contributed by atoms with Crippen LogP contribution in [0, 0.1) is 13.8 Å². The maximum absolute atomic E-state index is 11.0. The highest BCUT2D eigenvalue weighted by molar-refractivity contribution is 5.77. The maximum atomic E-state index is 11.0. The lowest BCUT2D eigenvalue weighted by atomic mass is 9.95. The molecule has 1 atom stereocenters. The van der Waals surface area contributed by atoms with Gasteiger partial charge in [-0.3, -0.25) is 4.79 Å². The summed E-state index contributed by atoms with van der Waals surface area (Å²) in [5.41, 5.74) is 9.58. The molecular weight excluding hydrogens is 228 g/mol. The number of hydrogen-bond donors (Lipinski definition) is 2. The molecule has 0 aliphatic carbocycles. The summed E-state index contributed by atoms with van der Waals surface area (Å²) in [4.78, 5) is 13.4. The molecule has 1 heterocycles. The van der Waals surface area contributed by atoms with E-state index in [-0.39, 0.29) is 0 Å². The first-order valence-electron chi connectivity index (χ1n) is 6.35. The van der Waals surface area contributed by atoms with E-state index in [1.807, 2.05) is 13.8 Å². The first-order valence-corrected chi connectivity index (χ1v) is 6.35. The van der Waals surface area contributed by atoms with E-state index in [2.05, 4.69) is 17.0 Å². The minimum Gasteiger partial charge on any atom is -0.480 e. The van der Waals surface area contributed by atoms with E-state index in [4.69, 9.17) is 10.8 Å². The van der Waals surface area contributed by atoms with Gasteiger partial charge in [0.05, 0.1) is 0 Å². The van der Waals surface area contributed by atoms with Crippen LogP contribution >= 0.6 is 0 Å². The molecule has 1 aliphatic heterocycles. The Hall–Kier alpha value is -1.55. The minimum absolute atomic E-state index is 0.741. The van der Waals surface area contributed by atoms with Gasteiger partial charge in [0.2, 0.25) is 0 Å². The van der Waals surface area contributed by atoms with Gasteiger partial charge in [-0.15, -0.1) is 0 Å². The molecular formula is C14H20N2O2. The van der Waals surface area contributed by atoms with Crippen LogP contribution in [0.25, 0.3) is 0 Å². The minimum atomic E-state index is -0.977. The molecule has 0 bridgehead atoms. The molecule has 1 fully saturated rings. The van der Waals surface area contributed by atoms with Crippen LogP contribution in [0.1, 0.15) is 35.6 Å². The lowest BCUT2D eigenvalue weighted by Crippen LogP contribution is -2.24. The summed E-state index contributed by atoms with van der Waals surface area (Å²) in [7, 11) is 0. The summed E-state index contributed by atoms with van der Waals surface area (Å²) in [6, 6.07) is 3.17. The molecule has 18 heavy (non-hydrogen) atoms. The van der Waals surface area contributed by atoms with Gasteiger partial charge in [0.15, 0.2) is 0 Å². The highest BCUT2D eigenvalue weighted by atomic mass is 16.4. The number of carbonyl (C=O) groups is 1. The summed E-state index contributed by atoms with van der Waals surface area (Å²) in [5.74, 6) is -0.977. The number of rotatable bonds is 3. The quantitative estimate of drug-likeness (QED) is 0.858. The van der Waals surface area contributed by atoms with Crippen LogP contribution in [0.2, 0.25) is 0 Å². The van der Waals surface area contributed by atoms with Gasteiger partial charge in [0.25, 0.3) is 0 Å². The Morgan fingerprint density at radius 3 is 2.22 bits per heavy atom. The Bertz CT molecular complexity index is 442. The number of nitrogens with two attached hydrogens (primary N) is 1. The first-order chi connectivity index (χ1) is 8.50. The van der Waals surface area contributed by atoms with Crippen LogP contribution in [0.15, 0.2) is 12.1 Å². The number of anilines is 1. The van der Waals surface area contributed by atoms with Crippen LogP contribution in [-0.4, -0.2) is 24.2 Å². The molecule has 1 aromatic carbocycles. The van der Waals surface area contributed by atoms with Gasteiger partial charge in [0.1, 0.15) is 6.04 Å². The van der Waals surface area contributed by atoms with E-state index >= 15 is 0 Å². The third-order valence-corrected chi connectivity index (χ3v) is 3.63. The molecule has 0 amide bonds. The fraction of sp³-hybridized carbons (Fsp3) is 0.500. The van der Waals surface area contributed by atoms with E-state index in [1.165, 1.54) is 18.5 Å². The summed E-state index contributed by atoms with van der Waals surface area (Å²) in [6.45, 7) is 6.04. The van der Waals surface area contributed by atoms with Crippen molar-refractivity contribution in [3.63, 3.8) is 0 Å². The zero-order valence-corrected chi connectivity index (χ0v) is 10.9. The highest BCUT2D eigenvalue weighted by Gasteiger charge is 2.21. The van der Waals surface area contributed by atoms with Gasteiger partial charge >= 0.3 is 5.97 Å². The zero-order chi connectivity index (χ0) is 13.3. The second-order valence-corrected chi connectivity index (χ2v) is 5.00. The summed E-state index contributed by atoms with van der Waals surface area (Å²) in [6.07, 6.45) is 2.46. The van der Waals surface area contributed by atoms with Crippen LogP contribution in [0.3, 0.4) is 0 Å². The van der Waals surface area contributed by atoms with Gasteiger partial charge in [-0.25, -0.2) is 0 Å². The maximum Gasteiger partial charge on any atom is 0.325 e. The Kier molecular flexibility index (Phi) is 3.57. The summed E-state index contributed by atoms with van der Waals surface area (Å²) >= 11 is 0. The van der Waals surface area contributed by atoms with Crippen molar-refractivity contribution in [3.8, 4) is 0 Å². The van der Waals surface area contributed by atoms with Crippen molar-refractivity contribution in [1.82, 2.24) is 0 Å². The normalized spacial score (nSPS) is 16.9. The second-order valence-electron chi connectivity index (χ2n) is 5.00. The fourth-order valence-corrected chi connectivity index (χ4v) is 2.72. The average Bonchev–Trinajstić information content (AvgIpc) is 2.80. The van der Waals surface area contributed by atoms with Crippen molar-refractivity contribution in [2.75, 3.05) is 18.0 Å². The molecule has 1 aromatic rings. The predicted octanol–water partition coefficient (Wildman–Crippen LogP) is 1.99. The smallest absolute Gasteiger partial charge is 0.325 e. The average molecular weight is 248 g/mol. The lowest BCUT2D eigenvalue weighted by Gasteiger charge is -2.22. The number of nitrogens with zero attached hydrogens (tertiary/aromatic N) is 1. The molecule has 3 N–H and O–H groups in total. The molecule has 0 unspecified atom stereocenters. The monoisotopic (exact) mass is 248 g/mol. The lowest BCUT2D eigenvalue weighted by molar-refractivity contribution is -0.138. The molecule has 0 saturated carbocycles. The number of hydrogen-bond acceptors (Lipinski definition) is 3. The van der Waals surface area contributed by atoms with Crippen LogP contribution < -0.4 is 10.6 Å². The standard InChI is InChI=1S/C14H20N2O2/c1-9-7-11(16-5-3-4-6-16)8-10(2)12(9)13(15)14(17)18/h7-8,13H,3-6,15H2,1-2H3,(H,17,18)/t13-/m0/s1. The molecule has 0 radical (unpaired) electrons. The van der Waals surface area contributed by atoms with Crippen molar-refractivity contribution in [2.24, 2.45) is 5.73 Å². The Morgan fingerprint density at radius 1 is 1.28 bits per heavy atom. The number of carboxylic acid groups (broad SMARTS) is 1. The fourth-order valence-electron chi connectivity index (χ4n) is 2.72. The van der Waals surface area contributed by atoms with E-state index in [0.29, 0.717) is 0 Å². The molecule has 1 aliphatic rings. The molecule has 4 heteroatoms. The topological polar surface area (TPSA) is 66.6 Å². The van der Waals surface area contributed by atoms with Crippen molar-refractivity contribution in [2.45, 2.75) is 32.7 Å². The van der Waals surface area contributed by atoms with Gasteiger partial charge < -0.3 is 15.7 Å². The Labute approximate surface area is 107 Å². The third kappa shape index (κ3) is 2.34. The van der Waals surface area contributed by atoms with Gasteiger partial charge in [-0.05, 0) is 55.5 Å². The van der Waals surface area contributed by atoms with Crippen LogP contribution in [0.4, 0.5) is 5.69 Å². The Balaban J connectivity index is 2.37. The largest absolute Gasteiger partial charge is 0.480 e. The van der Waals surface area contributed by atoms with Crippen LogP contribution in [0.5, 0.6) is 0 Å². The molecule has 4 nitrogen and oxygen atoms in total. The molecule has 1 saturated heterocycles. The number of aryl methyl sites for hydroxylation is 2. The van der Waals surface area contributed by atoms with E-state index < -0.39 is 12.0 Å². The zero-order valence-electron chi connectivity index (χ0n) is 10.9. The van der Waals surface area contributed by atoms with E-state index in [9.17, 15) is 4.79 Å². The number of benzene rings is 1. The van der Waals surface area contributed by atoms with Crippen molar-refractivity contribution < 1.29 is 9.90 Å². The van der Waals surface area contributed by atoms with E-state index in [1.54, 1.807) is 0 Å². The predicted molar refractivity (Wildman–Crippen MR) is 71.9 cm³/mol. The van der Waals surface area contributed by atoms with Gasteiger partial charge in [-0.2, -0.15) is 0 Å². The number of carboxylic acids is 1. The van der Waals surface area contributed by atoms with Crippen molar-refractivity contribution in [3.05, 3.63) is 28.8 Å². The molecule has 2 rings (SSSR count). The first kappa shape index (κ1) is 12.9.